The van der Waals surface area contributed by atoms with Crippen LogP contribution in [0.3, 0.4) is 0 Å². The first-order valence-electron chi connectivity index (χ1n) is 6.99. The Bertz CT molecular complexity index is 794. The first-order chi connectivity index (χ1) is 10.3. The van der Waals surface area contributed by atoms with Gasteiger partial charge in [0.2, 0.25) is 0 Å². The molecule has 0 spiro atoms. The molecule has 1 N–H and O–H groups in total. The number of rotatable bonds is 4. The Morgan fingerprint density at radius 1 is 1.24 bits per heavy atom. The number of nitrogens with zero attached hydrogens (tertiary/aromatic N) is 4. The Balaban J connectivity index is 1.70. The van der Waals surface area contributed by atoms with Crippen molar-refractivity contribution in [2.75, 3.05) is 11.9 Å². The number of aromatic nitrogens is 4. The number of hydrogen-bond acceptors (Lipinski definition) is 4. The van der Waals surface area contributed by atoms with Crippen LogP contribution in [0.2, 0.25) is 0 Å². The van der Waals surface area contributed by atoms with Gasteiger partial charge in [0.05, 0.1) is 6.20 Å². The number of fused-ring (bicyclic) bond motifs is 1. The first kappa shape index (κ1) is 12.3. The molecule has 0 saturated heterocycles. The number of imidazole rings is 1. The van der Waals surface area contributed by atoms with E-state index in [0.717, 1.165) is 18.3 Å². The van der Waals surface area contributed by atoms with E-state index in [2.05, 4.69) is 20.3 Å². The summed E-state index contributed by atoms with van der Waals surface area (Å²) in [6, 6.07) is 4.87. The molecule has 0 aromatic carbocycles. The summed E-state index contributed by atoms with van der Waals surface area (Å²) < 4.78 is 15.1. The molecule has 4 rings (SSSR count). The van der Waals surface area contributed by atoms with Crippen LogP contribution in [0.5, 0.6) is 0 Å². The molecule has 3 aromatic rings. The van der Waals surface area contributed by atoms with Crippen molar-refractivity contribution >= 4 is 11.5 Å². The number of pyridine rings is 1. The van der Waals surface area contributed by atoms with E-state index in [1.807, 2.05) is 6.07 Å². The van der Waals surface area contributed by atoms with Crippen molar-refractivity contribution in [1.29, 1.82) is 0 Å². The van der Waals surface area contributed by atoms with Crippen molar-refractivity contribution in [3.05, 3.63) is 42.6 Å². The van der Waals surface area contributed by atoms with Gasteiger partial charge in [-0.15, -0.1) is 0 Å². The van der Waals surface area contributed by atoms with Gasteiger partial charge in [0.1, 0.15) is 23.0 Å². The van der Waals surface area contributed by atoms with Crippen LogP contribution < -0.4 is 5.32 Å². The van der Waals surface area contributed by atoms with Crippen LogP contribution in [0.25, 0.3) is 17.2 Å². The minimum atomic E-state index is -0.315. The third kappa shape index (κ3) is 2.44. The molecule has 0 unspecified atom stereocenters. The van der Waals surface area contributed by atoms with E-state index in [0.29, 0.717) is 17.2 Å². The van der Waals surface area contributed by atoms with Crippen molar-refractivity contribution in [3.63, 3.8) is 0 Å². The smallest absolute Gasteiger partial charge is 0.180 e. The highest BCUT2D eigenvalue weighted by molar-refractivity contribution is 5.58. The lowest BCUT2D eigenvalue weighted by molar-refractivity contribution is 0.619. The van der Waals surface area contributed by atoms with Gasteiger partial charge in [-0.1, -0.05) is 0 Å². The Hall–Kier alpha value is -2.50. The minimum absolute atomic E-state index is 0.315. The van der Waals surface area contributed by atoms with Gasteiger partial charge in [0.25, 0.3) is 0 Å². The van der Waals surface area contributed by atoms with Gasteiger partial charge >= 0.3 is 0 Å². The average Bonchev–Trinajstić information content (AvgIpc) is 3.24. The second-order valence-corrected chi connectivity index (χ2v) is 5.31. The molecule has 0 radical (unpaired) electrons. The molecule has 5 nitrogen and oxygen atoms in total. The Kier molecular flexibility index (Phi) is 2.80. The monoisotopic (exact) mass is 283 g/mol. The first-order valence-corrected chi connectivity index (χ1v) is 6.99. The van der Waals surface area contributed by atoms with E-state index in [1.165, 1.54) is 25.1 Å². The van der Waals surface area contributed by atoms with Crippen LogP contribution in [0.1, 0.15) is 12.8 Å². The predicted molar refractivity (Wildman–Crippen MR) is 77.4 cm³/mol. The fourth-order valence-corrected chi connectivity index (χ4v) is 2.27. The highest BCUT2D eigenvalue weighted by Gasteiger charge is 2.20. The third-order valence-corrected chi connectivity index (χ3v) is 3.62. The molecular formula is C15H14FN5. The summed E-state index contributed by atoms with van der Waals surface area (Å²) in [7, 11) is 0. The predicted octanol–water partition coefficient (Wildman–Crippen LogP) is 2.75. The molecule has 0 atom stereocenters. The van der Waals surface area contributed by atoms with E-state index < -0.39 is 0 Å². The highest BCUT2D eigenvalue weighted by Crippen LogP contribution is 2.28. The normalized spacial score (nSPS) is 14.5. The van der Waals surface area contributed by atoms with Crippen molar-refractivity contribution in [2.24, 2.45) is 5.92 Å². The van der Waals surface area contributed by atoms with Crippen LogP contribution in [0.15, 0.2) is 36.8 Å². The van der Waals surface area contributed by atoms with Crippen molar-refractivity contribution < 1.29 is 4.39 Å². The van der Waals surface area contributed by atoms with Crippen LogP contribution in [-0.2, 0) is 0 Å². The van der Waals surface area contributed by atoms with Gasteiger partial charge in [-0.3, -0.25) is 4.40 Å². The minimum Gasteiger partial charge on any atom is -0.370 e. The molecule has 1 aliphatic carbocycles. The lowest BCUT2D eigenvalue weighted by Gasteiger charge is -2.06. The highest BCUT2D eigenvalue weighted by atomic mass is 19.1. The van der Waals surface area contributed by atoms with Gasteiger partial charge in [-0.25, -0.2) is 19.3 Å². The molecule has 0 amide bonds. The molecular weight excluding hydrogens is 269 g/mol. The fraction of sp³-hybridized carbons (Fsp3) is 0.267. The van der Waals surface area contributed by atoms with E-state index in [1.54, 1.807) is 22.9 Å². The van der Waals surface area contributed by atoms with E-state index >= 15 is 0 Å². The maximum Gasteiger partial charge on any atom is 0.180 e. The Morgan fingerprint density at radius 2 is 2.14 bits per heavy atom. The topological polar surface area (TPSA) is 55.1 Å². The van der Waals surface area contributed by atoms with Crippen molar-refractivity contribution in [3.8, 4) is 11.5 Å². The molecule has 106 valence electrons. The summed E-state index contributed by atoms with van der Waals surface area (Å²) in [4.78, 5) is 13.0. The molecule has 6 heteroatoms. The lowest BCUT2D eigenvalue weighted by Crippen LogP contribution is -2.06. The Labute approximate surface area is 120 Å². The van der Waals surface area contributed by atoms with Crippen LogP contribution >= 0.6 is 0 Å². The molecule has 3 aromatic heterocycles. The van der Waals surface area contributed by atoms with Crippen LogP contribution in [0, 0.1) is 11.7 Å². The second-order valence-electron chi connectivity index (χ2n) is 5.31. The van der Waals surface area contributed by atoms with E-state index in [9.17, 15) is 4.39 Å². The average molecular weight is 283 g/mol. The number of nitrogens with one attached hydrogen (secondary N) is 1. The standard InChI is InChI=1S/C15H14FN5/c16-11-3-4-14-19-8-12(21(14)9-11)15-17-6-5-13(20-15)18-7-10-1-2-10/h3-6,8-10H,1-2,7H2,(H,17,18,20). The van der Waals surface area contributed by atoms with Crippen molar-refractivity contribution in [1.82, 2.24) is 19.4 Å². The molecule has 0 aliphatic heterocycles. The van der Waals surface area contributed by atoms with Crippen LogP contribution in [-0.4, -0.2) is 25.9 Å². The zero-order chi connectivity index (χ0) is 14.2. The summed E-state index contributed by atoms with van der Waals surface area (Å²) in [6.45, 7) is 0.943. The molecule has 1 saturated carbocycles. The number of hydrogen-bond donors (Lipinski definition) is 1. The van der Waals surface area contributed by atoms with Gasteiger partial charge in [0.15, 0.2) is 5.82 Å². The summed E-state index contributed by atoms with van der Waals surface area (Å²) in [6.07, 6.45) is 7.34. The van der Waals surface area contributed by atoms with Crippen molar-refractivity contribution in [2.45, 2.75) is 12.8 Å². The lowest BCUT2D eigenvalue weighted by atomic mass is 10.4. The quantitative estimate of drug-likeness (QED) is 0.800. The van der Waals surface area contributed by atoms with E-state index in [-0.39, 0.29) is 5.82 Å². The summed E-state index contributed by atoms with van der Waals surface area (Å²) in [5, 5.41) is 3.31. The Morgan fingerprint density at radius 3 is 3.00 bits per heavy atom. The zero-order valence-electron chi connectivity index (χ0n) is 11.3. The number of anilines is 1. The van der Waals surface area contributed by atoms with Gasteiger partial charge in [0, 0.05) is 18.9 Å². The largest absolute Gasteiger partial charge is 0.370 e. The maximum absolute atomic E-state index is 13.4. The molecule has 21 heavy (non-hydrogen) atoms. The fourth-order valence-electron chi connectivity index (χ4n) is 2.27. The van der Waals surface area contributed by atoms with Crippen LogP contribution in [0.4, 0.5) is 10.2 Å². The molecule has 1 aliphatic rings. The van der Waals surface area contributed by atoms with E-state index in [4.69, 9.17) is 0 Å². The summed E-state index contributed by atoms with van der Waals surface area (Å²) in [5.74, 6) is 1.78. The summed E-state index contributed by atoms with van der Waals surface area (Å²) in [5.41, 5.74) is 1.35. The SMILES string of the molecule is Fc1ccc2ncc(-c3nccc(NCC4CC4)n3)n2c1. The summed E-state index contributed by atoms with van der Waals surface area (Å²) >= 11 is 0. The molecule has 0 bridgehead atoms. The molecule has 3 heterocycles. The molecule has 1 fully saturated rings. The maximum atomic E-state index is 13.4. The zero-order valence-corrected chi connectivity index (χ0v) is 11.3. The number of halogens is 1. The third-order valence-electron chi connectivity index (χ3n) is 3.62. The van der Waals surface area contributed by atoms with Gasteiger partial charge in [-0.05, 0) is 37.0 Å². The second kappa shape index (κ2) is 4.80. The van der Waals surface area contributed by atoms with Gasteiger partial charge < -0.3 is 5.32 Å². The van der Waals surface area contributed by atoms with Gasteiger partial charge in [-0.2, -0.15) is 0 Å².